The molecule has 1 aromatic heterocycles. The van der Waals surface area contributed by atoms with Crippen molar-refractivity contribution in [2.45, 2.75) is 27.2 Å². The molecule has 4 rings (SSSR count). The van der Waals surface area contributed by atoms with Gasteiger partial charge in [-0.2, -0.15) is 9.78 Å². The van der Waals surface area contributed by atoms with Gasteiger partial charge in [0.2, 0.25) is 11.8 Å². The van der Waals surface area contributed by atoms with E-state index in [1.807, 2.05) is 55.5 Å². The van der Waals surface area contributed by atoms with Crippen LogP contribution in [0.4, 0.5) is 5.69 Å². The number of carbonyl (C=O) groups is 2. The van der Waals surface area contributed by atoms with E-state index in [9.17, 15) is 9.59 Å². The quantitative estimate of drug-likeness (QED) is 0.308. The Morgan fingerprint density at radius 3 is 2.24 bits per heavy atom. The maximum Gasteiger partial charge on any atom is 0.309 e. The van der Waals surface area contributed by atoms with Gasteiger partial charge in [-0.1, -0.05) is 36.8 Å². The topological polar surface area (TPSA) is 91.7 Å². The molecule has 0 saturated heterocycles. The molecule has 1 amide bonds. The summed E-state index contributed by atoms with van der Waals surface area (Å²) >= 11 is 0. The Bertz CT molecular complexity index is 1420. The van der Waals surface area contributed by atoms with Crippen molar-refractivity contribution in [1.29, 1.82) is 0 Å². The fraction of sp³-hybridized carbons (Fsp3) is 0.207. The normalized spacial score (nSPS) is 10.6. The van der Waals surface area contributed by atoms with Gasteiger partial charge in [-0.15, -0.1) is 0 Å². The largest absolute Gasteiger partial charge is 0.497 e. The Morgan fingerprint density at radius 2 is 1.65 bits per heavy atom. The second-order valence-electron chi connectivity index (χ2n) is 8.42. The number of nitrogens with zero attached hydrogens (tertiary/aromatic N) is 2. The number of carbonyl (C=O) groups excluding carboxylic acids is 2. The molecular weight excluding hydrogens is 470 g/mol. The number of hydrogen-bond acceptors (Lipinski definition) is 6. The lowest BCUT2D eigenvalue weighted by molar-refractivity contribution is -0.132. The van der Waals surface area contributed by atoms with E-state index in [1.54, 1.807) is 44.0 Å². The van der Waals surface area contributed by atoms with Crippen LogP contribution in [0.25, 0.3) is 28.1 Å². The van der Waals surface area contributed by atoms with E-state index in [1.165, 1.54) is 6.92 Å². The fourth-order valence-corrected chi connectivity index (χ4v) is 3.91. The zero-order valence-corrected chi connectivity index (χ0v) is 21.5. The Labute approximate surface area is 215 Å². The lowest BCUT2D eigenvalue weighted by atomic mass is 10.00. The molecule has 4 aromatic rings. The molecule has 37 heavy (non-hydrogen) atoms. The van der Waals surface area contributed by atoms with Crippen LogP contribution in [0.5, 0.6) is 17.4 Å². The number of rotatable bonds is 8. The van der Waals surface area contributed by atoms with Crippen LogP contribution < -0.4 is 19.5 Å². The van der Waals surface area contributed by atoms with Crippen LogP contribution in [0.1, 0.15) is 25.8 Å². The highest BCUT2D eigenvalue weighted by Crippen LogP contribution is 2.44. The highest BCUT2D eigenvalue weighted by Gasteiger charge is 2.26. The molecule has 8 nitrogen and oxygen atoms in total. The number of nitrogens with one attached hydrogen (secondary N) is 1. The van der Waals surface area contributed by atoms with E-state index in [0.29, 0.717) is 40.4 Å². The van der Waals surface area contributed by atoms with Gasteiger partial charge in [0, 0.05) is 30.7 Å². The number of anilines is 1. The Kier molecular flexibility index (Phi) is 7.57. The maximum absolute atomic E-state index is 12.2. The Hall–Kier alpha value is -4.59. The van der Waals surface area contributed by atoms with Crippen LogP contribution in [0.3, 0.4) is 0 Å². The van der Waals surface area contributed by atoms with Crippen molar-refractivity contribution in [3.05, 3.63) is 72.3 Å². The van der Waals surface area contributed by atoms with Crippen LogP contribution in [0, 0.1) is 6.92 Å². The molecule has 0 fully saturated rings. The Balaban J connectivity index is 1.98. The molecule has 0 atom stereocenters. The highest BCUT2D eigenvalue weighted by molar-refractivity contribution is 5.92. The summed E-state index contributed by atoms with van der Waals surface area (Å²) in [6, 6.07) is 20.5. The van der Waals surface area contributed by atoms with Crippen molar-refractivity contribution >= 4 is 17.6 Å². The minimum absolute atomic E-state index is 0.0794. The molecule has 1 N–H and O–H groups in total. The summed E-state index contributed by atoms with van der Waals surface area (Å²) in [5.41, 5.74) is 5.09. The average molecular weight is 500 g/mol. The van der Waals surface area contributed by atoms with E-state index >= 15 is 0 Å². The number of benzene rings is 3. The molecule has 0 aliphatic heterocycles. The molecule has 0 saturated carbocycles. The first-order valence-electron chi connectivity index (χ1n) is 11.9. The first kappa shape index (κ1) is 25.5. The summed E-state index contributed by atoms with van der Waals surface area (Å²) in [6.45, 7) is 5.15. The fourth-order valence-electron chi connectivity index (χ4n) is 3.91. The number of methoxy groups -OCH3 is 2. The second-order valence-corrected chi connectivity index (χ2v) is 8.42. The second kappa shape index (κ2) is 11.0. The molecule has 0 aliphatic carbocycles. The van der Waals surface area contributed by atoms with Gasteiger partial charge < -0.3 is 19.5 Å². The van der Waals surface area contributed by atoms with Gasteiger partial charge in [0.15, 0.2) is 0 Å². The minimum atomic E-state index is -0.477. The van der Waals surface area contributed by atoms with E-state index in [2.05, 4.69) is 5.32 Å². The standard InChI is InChI=1S/C29H29N3O5/c1-6-26(34)30-21-11-9-20(10-12-21)27-28(24-16-15-23(35-4)17-25(24)36-5)31-32(29(27)37-19(3)33)22-13-7-18(2)8-14-22/h7-17H,6H2,1-5H3,(H,30,34). The van der Waals surface area contributed by atoms with E-state index in [4.69, 9.17) is 19.3 Å². The summed E-state index contributed by atoms with van der Waals surface area (Å²) in [7, 11) is 3.16. The van der Waals surface area contributed by atoms with Gasteiger partial charge in [-0.3, -0.25) is 9.59 Å². The molecular formula is C29H29N3O5. The molecule has 8 heteroatoms. The van der Waals surface area contributed by atoms with Crippen molar-refractivity contribution in [2.75, 3.05) is 19.5 Å². The van der Waals surface area contributed by atoms with Crippen molar-refractivity contribution in [3.63, 3.8) is 0 Å². The van der Waals surface area contributed by atoms with Gasteiger partial charge in [-0.05, 0) is 48.9 Å². The van der Waals surface area contributed by atoms with Gasteiger partial charge >= 0.3 is 5.97 Å². The lowest BCUT2D eigenvalue weighted by Gasteiger charge is -2.12. The summed E-state index contributed by atoms with van der Waals surface area (Å²) in [5, 5.41) is 7.76. The zero-order valence-electron chi connectivity index (χ0n) is 21.5. The van der Waals surface area contributed by atoms with Gasteiger partial charge in [0.1, 0.15) is 17.2 Å². The summed E-state index contributed by atoms with van der Waals surface area (Å²) in [4.78, 5) is 24.1. The first-order chi connectivity index (χ1) is 17.8. The van der Waals surface area contributed by atoms with Gasteiger partial charge in [0.05, 0.1) is 25.5 Å². The van der Waals surface area contributed by atoms with E-state index in [0.717, 1.165) is 16.8 Å². The molecule has 0 spiro atoms. The van der Waals surface area contributed by atoms with Crippen LogP contribution in [-0.2, 0) is 9.59 Å². The van der Waals surface area contributed by atoms with Gasteiger partial charge in [0.25, 0.3) is 0 Å². The summed E-state index contributed by atoms with van der Waals surface area (Å²) in [5.74, 6) is 0.903. The first-order valence-corrected chi connectivity index (χ1v) is 11.9. The van der Waals surface area contributed by atoms with Crippen LogP contribution >= 0.6 is 0 Å². The van der Waals surface area contributed by atoms with Crippen LogP contribution in [-0.4, -0.2) is 35.9 Å². The number of aromatic nitrogens is 2. The third kappa shape index (κ3) is 5.48. The zero-order chi connectivity index (χ0) is 26.5. The SMILES string of the molecule is CCC(=O)Nc1ccc(-c2c(-c3ccc(OC)cc3OC)nn(-c3ccc(C)cc3)c2OC(C)=O)cc1. The smallest absolute Gasteiger partial charge is 0.309 e. The number of ether oxygens (including phenoxy) is 3. The third-order valence-electron chi connectivity index (χ3n) is 5.80. The summed E-state index contributed by atoms with van der Waals surface area (Å²) < 4.78 is 18.4. The molecule has 0 bridgehead atoms. The number of hydrogen-bond donors (Lipinski definition) is 1. The van der Waals surface area contributed by atoms with Crippen LogP contribution in [0.2, 0.25) is 0 Å². The molecule has 1 heterocycles. The number of esters is 1. The molecule has 3 aromatic carbocycles. The van der Waals surface area contributed by atoms with Crippen molar-refractivity contribution in [1.82, 2.24) is 9.78 Å². The number of amides is 1. The van der Waals surface area contributed by atoms with E-state index < -0.39 is 5.97 Å². The number of aryl methyl sites for hydroxylation is 1. The monoisotopic (exact) mass is 499 g/mol. The predicted molar refractivity (Wildman–Crippen MR) is 143 cm³/mol. The Morgan fingerprint density at radius 1 is 0.946 bits per heavy atom. The van der Waals surface area contributed by atoms with Crippen molar-refractivity contribution < 1.29 is 23.8 Å². The average Bonchev–Trinajstić information content (AvgIpc) is 3.27. The molecule has 0 unspecified atom stereocenters. The molecule has 0 radical (unpaired) electrons. The maximum atomic E-state index is 12.2. The third-order valence-corrected chi connectivity index (χ3v) is 5.80. The minimum Gasteiger partial charge on any atom is -0.497 e. The highest BCUT2D eigenvalue weighted by atomic mass is 16.5. The lowest BCUT2D eigenvalue weighted by Crippen LogP contribution is -2.09. The predicted octanol–water partition coefficient (Wildman–Crippen LogP) is 5.81. The van der Waals surface area contributed by atoms with Gasteiger partial charge in [-0.25, -0.2) is 0 Å². The summed E-state index contributed by atoms with van der Waals surface area (Å²) in [6.07, 6.45) is 0.378. The van der Waals surface area contributed by atoms with Crippen molar-refractivity contribution in [2.24, 2.45) is 0 Å². The molecule has 190 valence electrons. The van der Waals surface area contributed by atoms with Crippen molar-refractivity contribution in [3.8, 4) is 45.5 Å². The van der Waals surface area contributed by atoms with Crippen LogP contribution in [0.15, 0.2) is 66.7 Å². The van der Waals surface area contributed by atoms with E-state index in [-0.39, 0.29) is 11.8 Å². The molecule has 0 aliphatic rings.